The van der Waals surface area contributed by atoms with Gasteiger partial charge in [0.25, 0.3) is 5.91 Å². The van der Waals surface area contributed by atoms with Crippen molar-refractivity contribution in [3.8, 4) is 11.1 Å². The molecule has 0 amide bonds. The molecule has 0 unspecified atom stereocenters. The summed E-state index contributed by atoms with van der Waals surface area (Å²) in [6.45, 7) is 0. The van der Waals surface area contributed by atoms with E-state index in [2.05, 4.69) is 9.72 Å². The quantitative estimate of drug-likeness (QED) is 0.176. The predicted octanol–water partition coefficient (Wildman–Crippen LogP) is 6.64. The van der Waals surface area contributed by atoms with E-state index in [4.69, 9.17) is 23.2 Å². The van der Waals surface area contributed by atoms with Gasteiger partial charge in [-0.2, -0.15) is 13.2 Å². The molecule has 0 bridgehead atoms. The minimum atomic E-state index is -4.85. The Kier molecular flexibility index (Phi) is 6.09. The van der Waals surface area contributed by atoms with Crippen molar-refractivity contribution in [3.63, 3.8) is 0 Å². The summed E-state index contributed by atoms with van der Waals surface area (Å²) in [6, 6.07) is 7.89. The first-order chi connectivity index (χ1) is 16.0. The molecule has 4 rings (SSSR count). The van der Waals surface area contributed by atoms with Crippen molar-refractivity contribution in [2.45, 2.75) is 6.18 Å². The molecule has 11 heteroatoms. The number of alkyl halides is 3. The number of carbonyl (C=O) groups excluding carboxylic acids is 2. The van der Waals surface area contributed by atoms with Crippen LogP contribution in [0.5, 0.6) is 0 Å². The summed E-state index contributed by atoms with van der Waals surface area (Å²) < 4.78 is 61.2. The fraction of sp³-hybridized carbons (Fsp3) is 0.0870. The zero-order chi connectivity index (χ0) is 24.8. The molecule has 0 saturated carbocycles. The molecule has 0 N–H and O–H groups in total. The lowest BCUT2D eigenvalue weighted by Crippen LogP contribution is -2.18. The molecule has 4 aromatic rings. The summed E-state index contributed by atoms with van der Waals surface area (Å²) in [5.41, 5.74) is -1.84. The maximum absolute atomic E-state index is 15.0. The molecule has 0 aliphatic carbocycles. The van der Waals surface area contributed by atoms with Crippen LogP contribution >= 0.6 is 23.2 Å². The van der Waals surface area contributed by atoms with Crippen LogP contribution in [-0.4, -0.2) is 28.5 Å². The number of aromatic nitrogens is 2. The average molecular weight is 511 g/mol. The Bertz CT molecular complexity index is 1460. The highest BCUT2D eigenvalue weighted by molar-refractivity contribution is 6.34. The number of esters is 1. The number of benzene rings is 2. The molecule has 0 saturated heterocycles. The van der Waals surface area contributed by atoms with Crippen molar-refractivity contribution in [1.82, 2.24) is 9.55 Å². The van der Waals surface area contributed by atoms with Crippen LogP contribution in [0.3, 0.4) is 0 Å². The van der Waals surface area contributed by atoms with E-state index in [0.29, 0.717) is 0 Å². The largest absolute Gasteiger partial charge is 0.465 e. The van der Waals surface area contributed by atoms with Gasteiger partial charge in [0.1, 0.15) is 11.0 Å². The molecule has 2 heterocycles. The molecule has 0 radical (unpaired) electrons. The van der Waals surface area contributed by atoms with Gasteiger partial charge in [-0.15, -0.1) is 0 Å². The zero-order valence-corrected chi connectivity index (χ0v) is 18.6. The molecular formula is C23H12Cl2F4N2O3. The zero-order valence-electron chi connectivity index (χ0n) is 17.1. The van der Waals surface area contributed by atoms with Crippen molar-refractivity contribution >= 4 is 46.0 Å². The summed E-state index contributed by atoms with van der Waals surface area (Å²) >= 11 is 12.0. The molecule has 174 valence electrons. The second-order valence-electron chi connectivity index (χ2n) is 7.09. The van der Waals surface area contributed by atoms with E-state index in [1.807, 2.05) is 0 Å². The van der Waals surface area contributed by atoms with Crippen LogP contribution in [0.15, 0.2) is 54.9 Å². The molecule has 0 atom stereocenters. The Morgan fingerprint density at radius 1 is 1.06 bits per heavy atom. The smallest absolute Gasteiger partial charge is 0.417 e. The maximum atomic E-state index is 15.0. The van der Waals surface area contributed by atoms with Gasteiger partial charge >= 0.3 is 12.1 Å². The van der Waals surface area contributed by atoms with Crippen molar-refractivity contribution in [3.05, 3.63) is 87.5 Å². The van der Waals surface area contributed by atoms with Crippen molar-refractivity contribution in [2.24, 2.45) is 0 Å². The molecule has 0 aliphatic heterocycles. The molecule has 0 fully saturated rings. The SMILES string of the molecule is COC(=O)c1ccc(-c2cn(C(=O)c3c(Cl)cccc3C(F)(F)F)c3cnc(Cl)cc23)c(F)c1. The van der Waals surface area contributed by atoms with E-state index in [-0.39, 0.29) is 32.7 Å². The van der Waals surface area contributed by atoms with E-state index < -0.39 is 40.0 Å². The van der Waals surface area contributed by atoms with Crippen LogP contribution in [0.2, 0.25) is 10.2 Å². The highest BCUT2D eigenvalue weighted by Crippen LogP contribution is 2.38. The Morgan fingerprint density at radius 2 is 1.79 bits per heavy atom. The number of carbonyl (C=O) groups is 2. The first-order valence-corrected chi connectivity index (χ1v) is 10.2. The highest BCUT2D eigenvalue weighted by atomic mass is 35.5. The normalized spacial score (nSPS) is 11.6. The van der Waals surface area contributed by atoms with Crippen LogP contribution in [0.4, 0.5) is 17.6 Å². The van der Waals surface area contributed by atoms with Gasteiger partial charge in [-0.25, -0.2) is 14.2 Å². The van der Waals surface area contributed by atoms with Gasteiger partial charge in [-0.1, -0.05) is 35.3 Å². The second kappa shape index (κ2) is 8.73. The molecular weight excluding hydrogens is 499 g/mol. The first-order valence-electron chi connectivity index (χ1n) is 9.48. The summed E-state index contributed by atoms with van der Waals surface area (Å²) in [4.78, 5) is 28.9. The molecule has 2 aromatic heterocycles. The number of pyridine rings is 1. The Labute approximate surface area is 199 Å². The predicted molar refractivity (Wildman–Crippen MR) is 118 cm³/mol. The van der Waals surface area contributed by atoms with Crippen molar-refractivity contribution in [1.29, 1.82) is 0 Å². The summed E-state index contributed by atoms with van der Waals surface area (Å²) in [5, 5.41) is -0.142. The third kappa shape index (κ3) is 4.12. The Morgan fingerprint density at radius 3 is 2.44 bits per heavy atom. The maximum Gasteiger partial charge on any atom is 0.417 e. The van der Waals surface area contributed by atoms with Crippen LogP contribution in [-0.2, 0) is 10.9 Å². The molecule has 34 heavy (non-hydrogen) atoms. The minimum absolute atomic E-state index is 0.0132. The molecule has 0 spiro atoms. The van der Waals surface area contributed by atoms with E-state index >= 15 is 0 Å². The van der Waals surface area contributed by atoms with Gasteiger partial charge in [0.05, 0.1) is 40.5 Å². The van der Waals surface area contributed by atoms with Crippen LogP contribution in [0.1, 0.15) is 26.3 Å². The van der Waals surface area contributed by atoms with Gasteiger partial charge in [0.15, 0.2) is 0 Å². The minimum Gasteiger partial charge on any atom is -0.465 e. The number of halogens is 6. The van der Waals surface area contributed by atoms with E-state index in [1.54, 1.807) is 0 Å². The lowest BCUT2D eigenvalue weighted by molar-refractivity contribution is -0.137. The Hall–Kier alpha value is -3.43. The van der Waals surface area contributed by atoms with Gasteiger partial charge in [0.2, 0.25) is 0 Å². The van der Waals surface area contributed by atoms with Crippen LogP contribution in [0.25, 0.3) is 22.0 Å². The number of fused-ring (bicyclic) bond motifs is 1. The van der Waals surface area contributed by atoms with Crippen LogP contribution in [0, 0.1) is 5.82 Å². The number of hydrogen-bond acceptors (Lipinski definition) is 4. The topological polar surface area (TPSA) is 61.2 Å². The summed E-state index contributed by atoms with van der Waals surface area (Å²) in [6.07, 6.45) is -2.49. The van der Waals surface area contributed by atoms with Gasteiger partial charge in [-0.3, -0.25) is 9.36 Å². The van der Waals surface area contributed by atoms with Crippen molar-refractivity contribution < 1.29 is 31.9 Å². The fourth-order valence-corrected chi connectivity index (χ4v) is 3.97. The van der Waals surface area contributed by atoms with E-state index in [9.17, 15) is 27.2 Å². The monoisotopic (exact) mass is 510 g/mol. The van der Waals surface area contributed by atoms with Gasteiger partial charge < -0.3 is 4.74 Å². The molecule has 0 aliphatic rings. The summed E-state index contributed by atoms with van der Waals surface area (Å²) in [5.74, 6) is -2.67. The molecule has 2 aromatic carbocycles. The second-order valence-corrected chi connectivity index (χ2v) is 7.88. The molecule has 5 nitrogen and oxygen atoms in total. The number of nitrogens with zero attached hydrogens (tertiary/aromatic N) is 2. The van der Waals surface area contributed by atoms with E-state index in [1.165, 1.54) is 30.6 Å². The number of hydrogen-bond donors (Lipinski definition) is 0. The fourth-order valence-electron chi connectivity index (χ4n) is 3.56. The van der Waals surface area contributed by atoms with E-state index in [0.717, 1.165) is 35.9 Å². The first kappa shape index (κ1) is 23.7. The lowest BCUT2D eigenvalue weighted by Gasteiger charge is -2.14. The third-order valence-electron chi connectivity index (χ3n) is 5.09. The third-order valence-corrected chi connectivity index (χ3v) is 5.61. The summed E-state index contributed by atoms with van der Waals surface area (Å²) in [7, 11) is 1.15. The lowest BCUT2D eigenvalue weighted by atomic mass is 10.0. The van der Waals surface area contributed by atoms with Gasteiger partial charge in [0, 0.05) is 22.7 Å². The van der Waals surface area contributed by atoms with Crippen molar-refractivity contribution in [2.75, 3.05) is 7.11 Å². The average Bonchev–Trinajstić information content (AvgIpc) is 3.15. The highest BCUT2D eigenvalue weighted by Gasteiger charge is 2.37. The number of methoxy groups -OCH3 is 1. The number of ether oxygens (including phenoxy) is 1. The number of rotatable bonds is 3. The standard InChI is InChI=1S/C23H12Cl2F4N2O3/c1-34-22(33)11-5-6-12(17(26)7-11)14-10-31(18-9-30-19(25)8-13(14)18)21(32)20-15(23(27,28)29)3-2-4-16(20)24/h2-10H,1H3. The van der Waals surface area contributed by atoms with Gasteiger partial charge in [-0.05, 0) is 30.3 Å². The Balaban J connectivity index is 1.95. The van der Waals surface area contributed by atoms with Crippen LogP contribution < -0.4 is 0 Å².